The van der Waals surface area contributed by atoms with E-state index in [4.69, 9.17) is 4.74 Å². The van der Waals surface area contributed by atoms with Crippen LogP contribution in [0.1, 0.15) is 30.1 Å². The standard InChI is InChI=1S/C18H20N4O2S/c23-17(22-8-7-12-3-1-2-4-14(12)22)15-11-21(9-10-24-15)18-19-16(20-25-18)13-5-6-13/h1-4,13,15H,5-11H2. The van der Waals surface area contributed by atoms with Crippen molar-refractivity contribution in [3.63, 3.8) is 0 Å². The van der Waals surface area contributed by atoms with E-state index in [1.807, 2.05) is 23.1 Å². The lowest BCUT2D eigenvalue weighted by atomic mass is 10.2. The molecule has 0 spiro atoms. The fraction of sp³-hybridized carbons (Fsp3) is 0.500. The van der Waals surface area contributed by atoms with E-state index in [9.17, 15) is 4.79 Å². The van der Waals surface area contributed by atoms with Gasteiger partial charge in [0.1, 0.15) is 5.82 Å². The van der Waals surface area contributed by atoms with Crippen LogP contribution in [0.15, 0.2) is 24.3 Å². The van der Waals surface area contributed by atoms with Crippen LogP contribution in [0.2, 0.25) is 0 Å². The van der Waals surface area contributed by atoms with Crippen molar-refractivity contribution in [3.05, 3.63) is 35.7 Å². The summed E-state index contributed by atoms with van der Waals surface area (Å²) in [5.41, 5.74) is 2.27. The Morgan fingerprint density at radius 3 is 3.00 bits per heavy atom. The van der Waals surface area contributed by atoms with E-state index in [-0.39, 0.29) is 5.91 Å². The van der Waals surface area contributed by atoms with Gasteiger partial charge in [-0.05, 0) is 30.9 Å². The zero-order chi connectivity index (χ0) is 16.8. The van der Waals surface area contributed by atoms with Gasteiger partial charge in [0, 0.05) is 36.2 Å². The molecule has 2 aliphatic heterocycles. The fourth-order valence-electron chi connectivity index (χ4n) is 3.58. The lowest BCUT2D eigenvalue weighted by Crippen LogP contribution is -2.51. The van der Waals surface area contributed by atoms with E-state index in [1.54, 1.807) is 0 Å². The van der Waals surface area contributed by atoms with Gasteiger partial charge < -0.3 is 14.5 Å². The fourth-order valence-corrected chi connectivity index (χ4v) is 4.36. The lowest BCUT2D eigenvalue weighted by Gasteiger charge is -2.33. The largest absolute Gasteiger partial charge is 0.365 e. The number of anilines is 2. The van der Waals surface area contributed by atoms with Gasteiger partial charge in [-0.3, -0.25) is 4.79 Å². The Bertz CT molecular complexity index is 804. The van der Waals surface area contributed by atoms with E-state index in [2.05, 4.69) is 20.3 Å². The van der Waals surface area contributed by atoms with Crippen LogP contribution in [0.4, 0.5) is 10.8 Å². The van der Waals surface area contributed by atoms with Crippen molar-refractivity contribution in [1.82, 2.24) is 9.36 Å². The van der Waals surface area contributed by atoms with Gasteiger partial charge in [0.15, 0.2) is 6.10 Å². The van der Waals surface area contributed by atoms with Crippen molar-refractivity contribution in [2.75, 3.05) is 36.0 Å². The molecule has 2 aromatic rings. The minimum absolute atomic E-state index is 0.0570. The summed E-state index contributed by atoms with van der Waals surface area (Å²) in [6.07, 6.45) is 2.89. The number of hydrogen-bond donors (Lipinski definition) is 0. The average molecular weight is 356 g/mol. The molecule has 6 nitrogen and oxygen atoms in total. The Hall–Kier alpha value is -1.99. The number of nitrogens with zero attached hydrogens (tertiary/aromatic N) is 4. The molecule has 1 atom stereocenters. The molecule has 1 unspecified atom stereocenters. The van der Waals surface area contributed by atoms with Crippen LogP contribution in [-0.4, -0.2) is 47.6 Å². The Labute approximate surface area is 150 Å². The summed E-state index contributed by atoms with van der Waals surface area (Å²) in [6, 6.07) is 8.13. The first kappa shape index (κ1) is 15.3. The number of carbonyl (C=O) groups is 1. The highest BCUT2D eigenvalue weighted by Crippen LogP contribution is 2.40. The Kier molecular flexibility index (Phi) is 3.71. The maximum Gasteiger partial charge on any atom is 0.257 e. The van der Waals surface area contributed by atoms with Crippen LogP contribution >= 0.6 is 11.5 Å². The molecule has 1 amide bonds. The number of aromatic nitrogens is 2. The summed E-state index contributed by atoms with van der Waals surface area (Å²) in [5, 5.41) is 0.921. The molecule has 1 saturated heterocycles. The first-order chi connectivity index (χ1) is 12.3. The number of rotatable bonds is 3. The number of benzene rings is 1. The van der Waals surface area contributed by atoms with E-state index in [0.717, 1.165) is 36.2 Å². The molecule has 130 valence electrons. The lowest BCUT2D eigenvalue weighted by molar-refractivity contribution is -0.130. The third-order valence-electron chi connectivity index (χ3n) is 5.14. The molecule has 0 N–H and O–H groups in total. The summed E-state index contributed by atoms with van der Waals surface area (Å²) in [7, 11) is 0. The first-order valence-corrected chi connectivity index (χ1v) is 9.66. The second-order valence-corrected chi connectivity index (χ2v) is 7.61. The maximum absolute atomic E-state index is 13.0. The summed E-state index contributed by atoms with van der Waals surface area (Å²) in [4.78, 5) is 21.7. The highest BCUT2D eigenvalue weighted by atomic mass is 32.1. The normalized spacial score (nSPS) is 23.0. The highest BCUT2D eigenvalue weighted by molar-refractivity contribution is 7.09. The predicted octanol–water partition coefficient (Wildman–Crippen LogP) is 2.21. The molecule has 1 saturated carbocycles. The van der Waals surface area contributed by atoms with Crippen LogP contribution in [-0.2, 0) is 16.0 Å². The quantitative estimate of drug-likeness (QED) is 0.844. The number of amides is 1. The number of hydrogen-bond acceptors (Lipinski definition) is 6. The second kappa shape index (κ2) is 6.07. The number of para-hydroxylation sites is 1. The van der Waals surface area contributed by atoms with E-state index >= 15 is 0 Å². The minimum Gasteiger partial charge on any atom is -0.365 e. The van der Waals surface area contributed by atoms with Crippen molar-refractivity contribution in [1.29, 1.82) is 0 Å². The molecule has 7 heteroatoms. The summed E-state index contributed by atoms with van der Waals surface area (Å²) in [5.74, 6) is 1.59. The smallest absolute Gasteiger partial charge is 0.257 e. The number of fused-ring (bicyclic) bond motifs is 1. The zero-order valence-electron chi connectivity index (χ0n) is 13.9. The van der Waals surface area contributed by atoms with Crippen molar-refractivity contribution in [2.45, 2.75) is 31.3 Å². The van der Waals surface area contributed by atoms with Crippen LogP contribution in [0, 0.1) is 0 Å². The molecule has 3 heterocycles. The number of morpholine rings is 1. The Morgan fingerprint density at radius 2 is 2.12 bits per heavy atom. The summed E-state index contributed by atoms with van der Waals surface area (Å²) >= 11 is 1.44. The van der Waals surface area contributed by atoms with Gasteiger partial charge >= 0.3 is 0 Å². The van der Waals surface area contributed by atoms with E-state index in [1.165, 1.54) is 29.9 Å². The third-order valence-corrected chi connectivity index (χ3v) is 5.93. The van der Waals surface area contributed by atoms with Gasteiger partial charge in [0.05, 0.1) is 13.2 Å². The molecule has 0 radical (unpaired) electrons. The molecule has 5 rings (SSSR count). The predicted molar refractivity (Wildman–Crippen MR) is 96.3 cm³/mol. The molecule has 1 aliphatic carbocycles. The molecular weight excluding hydrogens is 336 g/mol. The number of ether oxygens (including phenoxy) is 1. The van der Waals surface area contributed by atoms with Gasteiger partial charge in [0.2, 0.25) is 5.13 Å². The number of carbonyl (C=O) groups excluding carboxylic acids is 1. The van der Waals surface area contributed by atoms with Crippen LogP contribution in [0.5, 0.6) is 0 Å². The van der Waals surface area contributed by atoms with Gasteiger partial charge in [-0.1, -0.05) is 18.2 Å². The molecule has 1 aromatic carbocycles. The first-order valence-electron chi connectivity index (χ1n) is 8.89. The van der Waals surface area contributed by atoms with Gasteiger partial charge in [-0.2, -0.15) is 4.37 Å². The Balaban J connectivity index is 1.31. The Morgan fingerprint density at radius 1 is 1.24 bits per heavy atom. The molecule has 1 aromatic heterocycles. The van der Waals surface area contributed by atoms with Crippen LogP contribution < -0.4 is 9.80 Å². The van der Waals surface area contributed by atoms with Crippen molar-refractivity contribution >= 4 is 28.3 Å². The molecule has 25 heavy (non-hydrogen) atoms. The minimum atomic E-state index is -0.437. The van der Waals surface area contributed by atoms with Crippen LogP contribution in [0.3, 0.4) is 0 Å². The molecule has 2 fully saturated rings. The molecular formula is C18H20N4O2S. The summed E-state index contributed by atoms with van der Waals surface area (Å²) < 4.78 is 10.3. The molecule has 0 bridgehead atoms. The topological polar surface area (TPSA) is 58.6 Å². The van der Waals surface area contributed by atoms with Gasteiger partial charge in [0.25, 0.3) is 5.91 Å². The third kappa shape index (κ3) is 2.81. The van der Waals surface area contributed by atoms with E-state index < -0.39 is 6.10 Å². The van der Waals surface area contributed by atoms with Gasteiger partial charge in [-0.15, -0.1) is 0 Å². The van der Waals surface area contributed by atoms with Gasteiger partial charge in [-0.25, -0.2) is 4.98 Å². The second-order valence-electron chi connectivity index (χ2n) is 6.88. The average Bonchev–Trinajstić information content (AvgIpc) is 3.23. The highest BCUT2D eigenvalue weighted by Gasteiger charge is 2.35. The maximum atomic E-state index is 13.0. The SMILES string of the molecule is O=C(C1CN(c2nc(C3CC3)ns2)CCO1)N1CCc2ccccc21. The van der Waals surface area contributed by atoms with Crippen molar-refractivity contribution < 1.29 is 9.53 Å². The summed E-state index contributed by atoms with van der Waals surface area (Å²) in [6.45, 7) is 2.60. The zero-order valence-corrected chi connectivity index (χ0v) is 14.7. The van der Waals surface area contributed by atoms with Crippen LogP contribution in [0.25, 0.3) is 0 Å². The van der Waals surface area contributed by atoms with Crippen molar-refractivity contribution in [3.8, 4) is 0 Å². The molecule has 3 aliphatic rings. The van der Waals surface area contributed by atoms with Crippen molar-refractivity contribution in [2.24, 2.45) is 0 Å². The van der Waals surface area contributed by atoms with E-state index in [0.29, 0.717) is 19.1 Å². The monoisotopic (exact) mass is 356 g/mol.